The monoisotopic (exact) mass is 241 g/mol. The van der Waals surface area contributed by atoms with Gasteiger partial charge < -0.3 is 10.6 Å². The third-order valence-electron chi connectivity index (χ3n) is 4.29. The van der Waals surface area contributed by atoms with Crippen LogP contribution in [0.5, 0.6) is 0 Å². The Hall–Kier alpha value is -0.610. The van der Waals surface area contributed by atoms with Crippen molar-refractivity contribution < 1.29 is 4.79 Å². The minimum atomic E-state index is -0.675. The number of hydrogen-bond donors (Lipinski definition) is 1. The first-order chi connectivity index (χ1) is 7.77. The van der Waals surface area contributed by atoms with Gasteiger partial charge in [0.05, 0.1) is 5.54 Å². The van der Waals surface area contributed by atoms with Crippen LogP contribution < -0.4 is 5.73 Å². The molecule has 0 aliphatic carbocycles. The molecule has 0 aromatic carbocycles. The van der Waals surface area contributed by atoms with E-state index in [-0.39, 0.29) is 11.4 Å². The molecule has 1 amide bonds. The fraction of sp³-hybridized carbons (Fsp3) is 0.923. The molecule has 17 heavy (non-hydrogen) atoms. The van der Waals surface area contributed by atoms with Crippen molar-refractivity contribution in [1.82, 2.24) is 9.80 Å². The summed E-state index contributed by atoms with van der Waals surface area (Å²) in [6.07, 6.45) is 1.41. The molecular weight excluding hydrogens is 214 g/mol. The van der Waals surface area contributed by atoms with Crippen molar-refractivity contribution in [1.29, 1.82) is 0 Å². The van der Waals surface area contributed by atoms with E-state index in [0.717, 1.165) is 19.6 Å². The first-order valence-corrected chi connectivity index (χ1v) is 6.56. The van der Waals surface area contributed by atoms with Crippen LogP contribution in [0.3, 0.4) is 0 Å². The number of hydrogen-bond acceptors (Lipinski definition) is 3. The molecule has 4 heteroatoms. The maximum absolute atomic E-state index is 12.5. The second kappa shape index (κ2) is 4.94. The van der Waals surface area contributed by atoms with Crippen molar-refractivity contribution in [2.24, 2.45) is 5.73 Å². The molecule has 4 nitrogen and oxygen atoms in total. The van der Waals surface area contributed by atoms with Gasteiger partial charge in [0.1, 0.15) is 0 Å². The van der Waals surface area contributed by atoms with Crippen molar-refractivity contribution >= 4 is 5.91 Å². The summed E-state index contributed by atoms with van der Waals surface area (Å²) in [5.41, 5.74) is 5.55. The van der Waals surface area contributed by atoms with E-state index < -0.39 is 5.54 Å². The van der Waals surface area contributed by atoms with Crippen LogP contribution in [0.25, 0.3) is 0 Å². The maximum Gasteiger partial charge on any atom is 0.242 e. The van der Waals surface area contributed by atoms with Crippen LogP contribution in [0.2, 0.25) is 0 Å². The topological polar surface area (TPSA) is 49.6 Å². The average molecular weight is 241 g/mol. The Morgan fingerprint density at radius 3 is 2.24 bits per heavy atom. The van der Waals surface area contributed by atoms with Crippen molar-refractivity contribution in [3.05, 3.63) is 0 Å². The van der Waals surface area contributed by atoms with Crippen molar-refractivity contribution in [2.75, 3.05) is 26.7 Å². The molecule has 1 saturated heterocycles. The van der Waals surface area contributed by atoms with Crippen LogP contribution in [0.4, 0.5) is 0 Å². The van der Waals surface area contributed by atoms with Gasteiger partial charge >= 0.3 is 0 Å². The lowest BCUT2D eigenvalue weighted by Gasteiger charge is -2.47. The number of piperazine rings is 1. The van der Waals surface area contributed by atoms with Crippen LogP contribution in [-0.4, -0.2) is 53.5 Å². The Kier molecular flexibility index (Phi) is 4.20. The highest BCUT2D eigenvalue weighted by Crippen LogP contribution is 2.23. The zero-order valence-corrected chi connectivity index (χ0v) is 11.9. The van der Waals surface area contributed by atoms with Gasteiger partial charge in [-0.15, -0.1) is 0 Å². The lowest BCUT2D eigenvalue weighted by Crippen LogP contribution is -2.64. The van der Waals surface area contributed by atoms with Crippen LogP contribution in [-0.2, 0) is 4.79 Å². The van der Waals surface area contributed by atoms with Crippen LogP contribution >= 0.6 is 0 Å². The van der Waals surface area contributed by atoms with Gasteiger partial charge in [0.2, 0.25) is 5.91 Å². The normalized spacial score (nSPS) is 21.6. The molecule has 1 aliphatic heterocycles. The van der Waals surface area contributed by atoms with Crippen molar-refractivity contribution in [2.45, 2.75) is 51.6 Å². The molecule has 0 radical (unpaired) electrons. The molecule has 0 aromatic rings. The summed E-state index contributed by atoms with van der Waals surface area (Å²) in [7, 11) is 2.11. The Morgan fingerprint density at radius 1 is 1.29 bits per heavy atom. The van der Waals surface area contributed by atoms with Gasteiger partial charge in [-0.05, 0) is 33.7 Å². The number of carbonyl (C=O) groups is 1. The van der Waals surface area contributed by atoms with E-state index in [9.17, 15) is 4.79 Å². The summed E-state index contributed by atoms with van der Waals surface area (Å²) in [5.74, 6) is 0.115. The van der Waals surface area contributed by atoms with E-state index in [4.69, 9.17) is 5.73 Å². The van der Waals surface area contributed by atoms with Crippen LogP contribution in [0.1, 0.15) is 40.5 Å². The summed E-state index contributed by atoms with van der Waals surface area (Å²) in [4.78, 5) is 16.7. The standard InChI is InChI=1S/C13H27N3O/c1-6-13(14,7-2)11(17)16-9-8-15(5)12(3,4)10-16/h6-10,14H2,1-5H3. The van der Waals surface area contributed by atoms with Gasteiger partial charge in [-0.2, -0.15) is 0 Å². The van der Waals surface area contributed by atoms with Crippen molar-refractivity contribution in [3.8, 4) is 0 Å². The summed E-state index contributed by atoms with van der Waals surface area (Å²) < 4.78 is 0. The van der Waals surface area contributed by atoms with Gasteiger partial charge in [-0.1, -0.05) is 13.8 Å². The Balaban J connectivity index is 2.78. The highest BCUT2D eigenvalue weighted by atomic mass is 16.2. The quantitative estimate of drug-likeness (QED) is 0.803. The highest BCUT2D eigenvalue weighted by Gasteiger charge is 2.39. The SMILES string of the molecule is CCC(N)(CC)C(=O)N1CCN(C)C(C)(C)C1. The third-order valence-corrected chi connectivity index (χ3v) is 4.29. The number of nitrogens with zero attached hydrogens (tertiary/aromatic N) is 2. The summed E-state index contributed by atoms with van der Waals surface area (Å²) in [5, 5.41) is 0. The van der Waals surface area contributed by atoms with E-state index in [1.807, 2.05) is 18.7 Å². The first kappa shape index (κ1) is 14.5. The largest absolute Gasteiger partial charge is 0.338 e. The minimum Gasteiger partial charge on any atom is -0.338 e. The number of rotatable bonds is 3. The average Bonchev–Trinajstić information content (AvgIpc) is 2.30. The second-order valence-corrected chi connectivity index (χ2v) is 5.82. The number of carbonyl (C=O) groups excluding carboxylic acids is 1. The molecule has 2 N–H and O–H groups in total. The molecule has 1 heterocycles. The van der Waals surface area contributed by atoms with E-state index >= 15 is 0 Å². The van der Waals surface area contributed by atoms with Crippen molar-refractivity contribution in [3.63, 3.8) is 0 Å². The predicted octanol–water partition coefficient (Wildman–Crippen LogP) is 1.06. The van der Waals surface area contributed by atoms with E-state index in [1.165, 1.54) is 0 Å². The van der Waals surface area contributed by atoms with Gasteiger partial charge in [0.15, 0.2) is 0 Å². The fourth-order valence-corrected chi connectivity index (χ4v) is 2.28. The van der Waals surface area contributed by atoms with Crippen LogP contribution in [0.15, 0.2) is 0 Å². The number of likely N-dealkylation sites (N-methyl/N-ethyl adjacent to an activating group) is 1. The lowest BCUT2D eigenvalue weighted by atomic mass is 9.90. The zero-order valence-electron chi connectivity index (χ0n) is 11.9. The van der Waals surface area contributed by atoms with Gasteiger partial charge in [-0.3, -0.25) is 9.69 Å². The molecule has 0 atom stereocenters. The number of nitrogens with two attached hydrogens (primary N) is 1. The molecule has 0 unspecified atom stereocenters. The van der Waals surface area contributed by atoms with E-state index in [1.54, 1.807) is 0 Å². The second-order valence-electron chi connectivity index (χ2n) is 5.82. The maximum atomic E-state index is 12.5. The molecule has 0 aromatic heterocycles. The summed E-state index contributed by atoms with van der Waals surface area (Å²) in [6, 6.07) is 0. The molecular formula is C13H27N3O. The minimum absolute atomic E-state index is 0.0380. The third kappa shape index (κ3) is 2.80. The first-order valence-electron chi connectivity index (χ1n) is 6.56. The molecule has 1 rings (SSSR count). The van der Waals surface area contributed by atoms with Gasteiger partial charge in [0, 0.05) is 25.2 Å². The lowest BCUT2D eigenvalue weighted by molar-refractivity contribution is -0.141. The van der Waals surface area contributed by atoms with Crippen LogP contribution in [0, 0.1) is 0 Å². The van der Waals surface area contributed by atoms with E-state index in [2.05, 4.69) is 25.8 Å². The summed E-state index contributed by atoms with van der Waals surface area (Å²) >= 11 is 0. The fourth-order valence-electron chi connectivity index (χ4n) is 2.28. The van der Waals surface area contributed by atoms with E-state index in [0.29, 0.717) is 12.8 Å². The van der Waals surface area contributed by atoms with Gasteiger partial charge in [-0.25, -0.2) is 0 Å². The predicted molar refractivity (Wildman–Crippen MR) is 70.8 cm³/mol. The number of amides is 1. The van der Waals surface area contributed by atoms with Gasteiger partial charge in [0.25, 0.3) is 0 Å². The highest BCUT2D eigenvalue weighted by molar-refractivity contribution is 5.86. The molecule has 0 bridgehead atoms. The smallest absolute Gasteiger partial charge is 0.242 e. The Bertz CT molecular complexity index is 284. The summed E-state index contributed by atoms with van der Waals surface area (Å²) in [6.45, 7) is 10.8. The molecule has 0 spiro atoms. The molecule has 100 valence electrons. The Morgan fingerprint density at radius 2 is 1.82 bits per heavy atom. The Labute approximate surface area is 105 Å². The molecule has 0 saturated carbocycles. The molecule has 1 aliphatic rings. The molecule has 1 fully saturated rings. The zero-order chi connectivity index (χ0) is 13.3.